The zero-order chi connectivity index (χ0) is 14.1. The summed E-state index contributed by atoms with van der Waals surface area (Å²) < 4.78 is 0.897. The molecule has 6 heteroatoms. The number of hydrogen-bond acceptors (Lipinski definition) is 3. The lowest BCUT2D eigenvalue weighted by Gasteiger charge is -2.10. The molecule has 0 unspecified atom stereocenters. The van der Waals surface area contributed by atoms with Gasteiger partial charge in [-0.25, -0.2) is 5.48 Å². The summed E-state index contributed by atoms with van der Waals surface area (Å²) in [6, 6.07) is 5.40. The van der Waals surface area contributed by atoms with E-state index in [0.29, 0.717) is 14.9 Å². The number of amides is 1. The molecule has 1 aliphatic rings. The summed E-state index contributed by atoms with van der Waals surface area (Å²) >= 11 is 13.5. The van der Waals surface area contributed by atoms with Crippen LogP contribution in [0.1, 0.15) is 35.4 Å². The van der Waals surface area contributed by atoms with Crippen LogP contribution in [0, 0.1) is 0 Å². The molecule has 20 heavy (non-hydrogen) atoms. The number of nitrogens with one attached hydrogen (secondary N) is 1. The highest BCUT2D eigenvalue weighted by Crippen LogP contribution is 2.36. The fourth-order valence-electron chi connectivity index (χ4n) is 2.37. The molecule has 2 aromatic rings. The zero-order valence-corrected chi connectivity index (χ0v) is 12.9. The van der Waals surface area contributed by atoms with Crippen molar-refractivity contribution in [3.8, 4) is 0 Å². The van der Waals surface area contributed by atoms with E-state index in [1.165, 1.54) is 11.3 Å². The van der Waals surface area contributed by atoms with E-state index in [-0.39, 0.29) is 12.0 Å². The smallest absolute Gasteiger partial charge is 0.270 e. The maximum absolute atomic E-state index is 12.1. The van der Waals surface area contributed by atoms with E-state index in [4.69, 9.17) is 28.0 Å². The Hall–Kier alpha value is -0.810. The van der Waals surface area contributed by atoms with Crippen LogP contribution in [0.5, 0.6) is 0 Å². The average molecular weight is 330 g/mol. The van der Waals surface area contributed by atoms with E-state index in [9.17, 15) is 4.79 Å². The van der Waals surface area contributed by atoms with E-state index >= 15 is 0 Å². The second kappa shape index (κ2) is 5.90. The molecule has 0 atom stereocenters. The standard InChI is InChI=1S/C14H13Cl2NO2S/c15-8-5-6-10-11(7-8)20-13(12(10)16)14(18)17-19-9-3-1-2-4-9/h5-7,9H,1-4H2,(H,17,18). The van der Waals surface area contributed by atoms with Gasteiger partial charge in [-0.15, -0.1) is 11.3 Å². The number of hydrogen-bond donors (Lipinski definition) is 1. The van der Waals surface area contributed by atoms with Crippen LogP contribution in [0.2, 0.25) is 10.0 Å². The largest absolute Gasteiger partial charge is 0.286 e. The molecule has 0 spiro atoms. The molecule has 1 fully saturated rings. The molecule has 1 saturated carbocycles. The third-order valence-electron chi connectivity index (χ3n) is 3.42. The van der Waals surface area contributed by atoms with E-state index in [1.807, 2.05) is 12.1 Å². The van der Waals surface area contributed by atoms with Gasteiger partial charge in [0.1, 0.15) is 4.88 Å². The third kappa shape index (κ3) is 2.79. The summed E-state index contributed by atoms with van der Waals surface area (Å²) in [5.74, 6) is -0.292. The number of thiophene rings is 1. The van der Waals surface area contributed by atoms with Crippen molar-refractivity contribution in [3.05, 3.63) is 33.1 Å². The summed E-state index contributed by atoms with van der Waals surface area (Å²) in [7, 11) is 0. The molecule has 3 nitrogen and oxygen atoms in total. The Morgan fingerprint density at radius 3 is 2.80 bits per heavy atom. The van der Waals surface area contributed by atoms with Gasteiger partial charge in [0, 0.05) is 15.1 Å². The van der Waals surface area contributed by atoms with Crippen LogP contribution in [0.15, 0.2) is 18.2 Å². The molecule has 1 aliphatic carbocycles. The van der Waals surface area contributed by atoms with Gasteiger partial charge < -0.3 is 0 Å². The molecule has 1 amide bonds. The topological polar surface area (TPSA) is 38.3 Å². The first-order chi connectivity index (χ1) is 9.65. The Morgan fingerprint density at radius 2 is 2.05 bits per heavy atom. The summed E-state index contributed by atoms with van der Waals surface area (Å²) in [6.07, 6.45) is 4.43. The van der Waals surface area contributed by atoms with Gasteiger partial charge in [-0.05, 0) is 25.0 Å². The van der Waals surface area contributed by atoms with Crippen molar-refractivity contribution >= 4 is 50.5 Å². The van der Waals surface area contributed by atoms with Crippen molar-refractivity contribution in [1.82, 2.24) is 5.48 Å². The third-order valence-corrected chi connectivity index (χ3v) is 5.31. The number of benzene rings is 1. The van der Waals surface area contributed by atoms with E-state index in [0.717, 1.165) is 35.8 Å². The number of hydroxylamine groups is 1. The molecule has 1 N–H and O–H groups in total. The van der Waals surface area contributed by atoms with Gasteiger partial charge in [0.25, 0.3) is 5.91 Å². The van der Waals surface area contributed by atoms with Crippen molar-refractivity contribution in [2.45, 2.75) is 31.8 Å². The second-order valence-electron chi connectivity index (χ2n) is 4.84. The molecular formula is C14H13Cl2NO2S. The molecule has 1 aromatic carbocycles. The van der Waals surface area contributed by atoms with E-state index < -0.39 is 0 Å². The van der Waals surface area contributed by atoms with Gasteiger partial charge in [0.2, 0.25) is 0 Å². The predicted molar refractivity (Wildman–Crippen MR) is 82.7 cm³/mol. The highest BCUT2D eigenvalue weighted by Gasteiger charge is 2.20. The molecule has 0 aliphatic heterocycles. The van der Waals surface area contributed by atoms with Gasteiger partial charge in [-0.3, -0.25) is 9.63 Å². The second-order valence-corrected chi connectivity index (χ2v) is 6.71. The summed E-state index contributed by atoms with van der Waals surface area (Å²) in [5, 5.41) is 1.92. The van der Waals surface area contributed by atoms with Gasteiger partial charge in [-0.1, -0.05) is 42.1 Å². The van der Waals surface area contributed by atoms with E-state index in [2.05, 4.69) is 5.48 Å². The summed E-state index contributed by atoms with van der Waals surface area (Å²) in [5.41, 5.74) is 2.51. The molecule has 0 saturated heterocycles. The zero-order valence-electron chi connectivity index (χ0n) is 10.6. The Bertz CT molecular complexity index is 650. The lowest BCUT2D eigenvalue weighted by Crippen LogP contribution is -2.27. The minimum atomic E-state index is -0.292. The highest BCUT2D eigenvalue weighted by molar-refractivity contribution is 7.21. The Kier molecular flexibility index (Phi) is 4.17. The first kappa shape index (κ1) is 14.1. The van der Waals surface area contributed by atoms with Gasteiger partial charge >= 0.3 is 0 Å². The SMILES string of the molecule is O=C(NOC1CCCC1)c1sc2cc(Cl)ccc2c1Cl. The number of carbonyl (C=O) groups excluding carboxylic acids is 1. The van der Waals surface area contributed by atoms with Gasteiger partial charge in [0.15, 0.2) is 0 Å². The van der Waals surface area contributed by atoms with Crippen molar-refractivity contribution in [1.29, 1.82) is 0 Å². The molecule has 0 bridgehead atoms. The van der Waals surface area contributed by atoms with Crippen LogP contribution < -0.4 is 5.48 Å². The minimum absolute atomic E-state index is 0.126. The van der Waals surface area contributed by atoms with Crippen molar-refractivity contribution < 1.29 is 9.63 Å². The van der Waals surface area contributed by atoms with Crippen molar-refractivity contribution in [3.63, 3.8) is 0 Å². The molecule has 106 valence electrons. The lowest BCUT2D eigenvalue weighted by atomic mass is 10.2. The Balaban J connectivity index is 1.78. The van der Waals surface area contributed by atoms with Crippen LogP contribution in [-0.2, 0) is 4.84 Å². The van der Waals surface area contributed by atoms with E-state index in [1.54, 1.807) is 6.07 Å². The monoisotopic (exact) mass is 329 g/mol. The molecule has 3 rings (SSSR count). The normalized spacial score (nSPS) is 15.9. The first-order valence-electron chi connectivity index (χ1n) is 6.48. The maximum Gasteiger partial charge on any atom is 0.286 e. The average Bonchev–Trinajstić information content (AvgIpc) is 3.04. The minimum Gasteiger partial charge on any atom is -0.270 e. The van der Waals surface area contributed by atoms with Gasteiger partial charge in [0.05, 0.1) is 11.1 Å². The molecule has 1 heterocycles. The van der Waals surface area contributed by atoms with Crippen molar-refractivity contribution in [2.24, 2.45) is 0 Å². The first-order valence-corrected chi connectivity index (χ1v) is 8.06. The maximum atomic E-state index is 12.1. The fraction of sp³-hybridized carbons (Fsp3) is 0.357. The summed E-state index contributed by atoms with van der Waals surface area (Å²) in [6.45, 7) is 0. The van der Waals surface area contributed by atoms with Crippen LogP contribution in [0.3, 0.4) is 0 Å². The van der Waals surface area contributed by atoms with Crippen LogP contribution in [0.4, 0.5) is 0 Å². The Morgan fingerprint density at radius 1 is 1.30 bits per heavy atom. The highest BCUT2D eigenvalue weighted by atomic mass is 35.5. The molecule has 1 aromatic heterocycles. The fourth-order valence-corrected chi connectivity index (χ4v) is 4.05. The van der Waals surface area contributed by atoms with Crippen LogP contribution >= 0.6 is 34.5 Å². The predicted octanol–water partition coefficient (Wildman–Crippen LogP) is 4.81. The number of fused-ring (bicyclic) bond motifs is 1. The van der Waals surface area contributed by atoms with Gasteiger partial charge in [-0.2, -0.15) is 0 Å². The van der Waals surface area contributed by atoms with Crippen LogP contribution in [0.25, 0.3) is 10.1 Å². The molecular weight excluding hydrogens is 317 g/mol. The van der Waals surface area contributed by atoms with Crippen molar-refractivity contribution in [2.75, 3.05) is 0 Å². The molecule has 0 radical (unpaired) electrons. The lowest BCUT2D eigenvalue weighted by molar-refractivity contribution is -0.0122. The number of carbonyl (C=O) groups is 1. The van der Waals surface area contributed by atoms with Crippen LogP contribution in [-0.4, -0.2) is 12.0 Å². The quantitative estimate of drug-likeness (QED) is 0.820. The number of halogens is 2. The number of rotatable bonds is 3. The Labute approximate surface area is 130 Å². The summed E-state index contributed by atoms with van der Waals surface area (Å²) in [4.78, 5) is 18.0.